The van der Waals surface area contributed by atoms with Gasteiger partial charge in [-0.1, -0.05) is 42.6 Å². The molecule has 0 amide bonds. The molecule has 4 heteroatoms. The van der Waals surface area contributed by atoms with Crippen molar-refractivity contribution in [3.05, 3.63) is 65.3 Å². The van der Waals surface area contributed by atoms with E-state index in [-0.39, 0.29) is 0 Å². The molecule has 1 N–H and O–H groups in total. The summed E-state index contributed by atoms with van der Waals surface area (Å²) < 4.78 is 8.48. The van der Waals surface area contributed by atoms with E-state index in [0.717, 1.165) is 23.2 Å². The molecule has 0 saturated carbocycles. The van der Waals surface area contributed by atoms with Crippen LogP contribution >= 0.6 is 11.6 Å². The highest BCUT2D eigenvalue weighted by Crippen LogP contribution is 2.24. The fourth-order valence-corrected chi connectivity index (χ4v) is 4.52. The first-order valence-electron chi connectivity index (χ1n) is 11.0. The number of nitrogens with one attached hydrogen (secondary N) is 1. The molecule has 3 nitrogen and oxygen atoms in total. The average Bonchev–Trinajstić information content (AvgIpc) is 3.11. The van der Waals surface area contributed by atoms with Gasteiger partial charge in [0.1, 0.15) is 12.4 Å². The summed E-state index contributed by atoms with van der Waals surface area (Å²) in [5.41, 5.74) is 2.54. The van der Waals surface area contributed by atoms with Crippen LogP contribution in [0.15, 0.2) is 54.6 Å². The molecular weight excluding hydrogens is 380 g/mol. The van der Waals surface area contributed by atoms with Crippen LogP contribution in [0.1, 0.15) is 44.2 Å². The molecule has 3 aromatic rings. The van der Waals surface area contributed by atoms with E-state index in [0.29, 0.717) is 6.61 Å². The van der Waals surface area contributed by atoms with Crippen LogP contribution in [0, 0.1) is 5.92 Å². The van der Waals surface area contributed by atoms with Gasteiger partial charge in [-0.15, -0.1) is 0 Å². The maximum absolute atomic E-state index is 6.04. The van der Waals surface area contributed by atoms with E-state index >= 15 is 0 Å². The number of aryl methyl sites for hydroxylation is 1. The van der Waals surface area contributed by atoms with Crippen molar-refractivity contribution >= 4 is 22.5 Å². The number of rotatable bonds is 9. The number of hydrogen-bond donors (Lipinski definition) is 1. The summed E-state index contributed by atoms with van der Waals surface area (Å²) in [5, 5.41) is 5.55. The molecule has 0 radical (unpaired) electrons. The largest absolute Gasteiger partial charge is 0.487 e. The maximum Gasteiger partial charge on any atom is 0.128 e. The molecule has 1 fully saturated rings. The van der Waals surface area contributed by atoms with E-state index in [9.17, 15) is 0 Å². The van der Waals surface area contributed by atoms with Crippen molar-refractivity contribution in [3.63, 3.8) is 0 Å². The monoisotopic (exact) mass is 410 g/mol. The van der Waals surface area contributed by atoms with Crippen molar-refractivity contribution in [2.24, 2.45) is 5.92 Å². The van der Waals surface area contributed by atoms with Gasteiger partial charge in [0.25, 0.3) is 0 Å². The van der Waals surface area contributed by atoms with E-state index in [1.165, 1.54) is 68.2 Å². The summed E-state index contributed by atoms with van der Waals surface area (Å²) >= 11 is 5.98. The zero-order chi connectivity index (χ0) is 19.9. The number of aromatic nitrogens is 1. The molecule has 1 saturated heterocycles. The number of unbranched alkanes of at least 4 members (excludes halogenated alkanes) is 2. The number of halogens is 1. The molecule has 0 bridgehead atoms. The van der Waals surface area contributed by atoms with Gasteiger partial charge in [0.05, 0.1) is 5.69 Å². The second-order valence-corrected chi connectivity index (χ2v) is 8.59. The minimum absolute atomic E-state index is 0.573. The van der Waals surface area contributed by atoms with E-state index in [2.05, 4.69) is 40.2 Å². The predicted molar refractivity (Wildman–Crippen MR) is 122 cm³/mol. The zero-order valence-electron chi connectivity index (χ0n) is 17.1. The number of benzene rings is 2. The van der Waals surface area contributed by atoms with E-state index < -0.39 is 0 Å². The van der Waals surface area contributed by atoms with E-state index in [1.54, 1.807) is 0 Å². The number of nitrogens with zero attached hydrogens (tertiary/aromatic N) is 1. The van der Waals surface area contributed by atoms with Crippen molar-refractivity contribution in [3.8, 4) is 5.75 Å². The van der Waals surface area contributed by atoms with Crippen molar-refractivity contribution in [1.29, 1.82) is 0 Å². The number of hydrogen-bond acceptors (Lipinski definition) is 2. The molecule has 1 aliphatic heterocycles. The fraction of sp³-hybridized carbons (Fsp3) is 0.440. The van der Waals surface area contributed by atoms with Crippen molar-refractivity contribution < 1.29 is 4.74 Å². The lowest BCUT2D eigenvalue weighted by molar-refractivity contribution is 0.294. The van der Waals surface area contributed by atoms with Crippen LogP contribution in [-0.2, 0) is 13.2 Å². The second-order valence-electron chi connectivity index (χ2n) is 8.15. The quantitative estimate of drug-likeness (QED) is 0.411. The van der Waals surface area contributed by atoms with Crippen molar-refractivity contribution in [2.75, 3.05) is 13.1 Å². The third-order valence-corrected chi connectivity index (χ3v) is 6.24. The lowest BCUT2D eigenvalue weighted by Crippen LogP contribution is -2.29. The fourth-order valence-electron chi connectivity index (χ4n) is 4.39. The first-order valence-corrected chi connectivity index (χ1v) is 11.3. The van der Waals surface area contributed by atoms with E-state index in [1.807, 2.05) is 24.3 Å². The minimum Gasteiger partial charge on any atom is -0.487 e. The Bertz CT molecular complexity index is 897. The van der Waals surface area contributed by atoms with Crippen LogP contribution in [0.4, 0.5) is 0 Å². The highest BCUT2D eigenvalue weighted by molar-refractivity contribution is 6.30. The normalized spacial score (nSPS) is 16.9. The summed E-state index contributed by atoms with van der Waals surface area (Å²) in [6.07, 6.45) is 7.96. The maximum atomic E-state index is 6.04. The van der Waals surface area contributed by atoms with Gasteiger partial charge in [-0.25, -0.2) is 0 Å². The third-order valence-electron chi connectivity index (χ3n) is 5.99. The van der Waals surface area contributed by atoms with Crippen LogP contribution in [0.5, 0.6) is 5.75 Å². The predicted octanol–water partition coefficient (Wildman–Crippen LogP) is 6.43. The van der Waals surface area contributed by atoms with E-state index in [4.69, 9.17) is 16.3 Å². The summed E-state index contributed by atoms with van der Waals surface area (Å²) in [7, 11) is 0. The summed E-state index contributed by atoms with van der Waals surface area (Å²) in [4.78, 5) is 0. The molecule has 1 aliphatic rings. The Morgan fingerprint density at radius 3 is 2.72 bits per heavy atom. The van der Waals surface area contributed by atoms with Crippen LogP contribution in [0.2, 0.25) is 5.02 Å². The molecule has 2 aromatic carbocycles. The molecule has 0 aliphatic carbocycles. The SMILES string of the molecule is Clc1ccc(OCc2cc3ccccc3n2CCCCCC2CCCNC2)cc1. The number of ether oxygens (including phenoxy) is 1. The molecular formula is C25H31ClN2O. The molecule has 154 valence electrons. The van der Waals surface area contributed by atoms with Crippen LogP contribution < -0.4 is 10.1 Å². The molecule has 2 heterocycles. The Morgan fingerprint density at radius 2 is 1.90 bits per heavy atom. The van der Waals surface area contributed by atoms with Gasteiger partial charge >= 0.3 is 0 Å². The van der Waals surface area contributed by atoms with Gasteiger partial charge in [-0.3, -0.25) is 0 Å². The van der Waals surface area contributed by atoms with Gasteiger partial charge < -0.3 is 14.6 Å². The van der Waals surface area contributed by atoms with Crippen molar-refractivity contribution in [1.82, 2.24) is 9.88 Å². The minimum atomic E-state index is 0.573. The Morgan fingerprint density at radius 1 is 1.03 bits per heavy atom. The average molecular weight is 411 g/mol. The molecule has 1 aromatic heterocycles. The molecule has 29 heavy (non-hydrogen) atoms. The van der Waals surface area contributed by atoms with Crippen LogP contribution in [0.3, 0.4) is 0 Å². The summed E-state index contributed by atoms with van der Waals surface area (Å²) in [5.74, 6) is 1.74. The lowest BCUT2D eigenvalue weighted by atomic mass is 9.94. The highest BCUT2D eigenvalue weighted by atomic mass is 35.5. The first-order chi connectivity index (χ1) is 14.3. The van der Waals surface area contributed by atoms with Crippen LogP contribution in [-0.4, -0.2) is 17.7 Å². The van der Waals surface area contributed by atoms with Crippen molar-refractivity contribution in [2.45, 2.75) is 51.7 Å². The van der Waals surface area contributed by atoms with Gasteiger partial charge in [0.15, 0.2) is 0 Å². The highest BCUT2D eigenvalue weighted by Gasteiger charge is 2.13. The smallest absolute Gasteiger partial charge is 0.128 e. The molecule has 4 rings (SSSR count). The molecule has 1 atom stereocenters. The lowest BCUT2D eigenvalue weighted by Gasteiger charge is -2.22. The van der Waals surface area contributed by atoms with Gasteiger partial charge in [-0.05, 0) is 86.5 Å². The molecule has 0 spiro atoms. The first kappa shape index (κ1) is 20.3. The zero-order valence-corrected chi connectivity index (χ0v) is 17.8. The Hall–Kier alpha value is -1.97. The second kappa shape index (κ2) is 10.2. The number of piperidine rings is 1. The number of fused-ring (bicyclic) bond motifs is 1. The standard InChI is InChI=1S/C25H31ClN2O/c26-22-11-13-24(14-12-22)29-19-23-17-21-9-3-4-10-25(21)28(23)16-5-1-2-7-20-8-6-15-27-18-20/h3-4,9-14,17,20,27H,1-2,5-8,15-16,18-19H2. The van der Waals surface area contributed by atoms with Gasteiger partial charge in [0.2, 0.25) is 0 Å². The van der Waals surface area contributed by atoms with Gasteiger partial charge in [-0.2, -0.15) is 0 Å². The third kappa shape index (κ3) is 5.55. The Kier molecular flexibility index (Phi) is 7.13. The Balaban J connectivity index is 1.35. The summed E-state index contributed by atoms with van der Waals surface area (Å²) in [6.45, 7) is 4.05. The molecule has 1 unspecified atom stereocenters. The summed E-state index contributed by atoms with van der Waals surface area (Å²) in [6, 6.07) is 18.5. The van der Waals surface area contributed by atoms with Gasteiger partial charge in [0, 0.05) is 17.1 Å². The van der Waals surface area contributed by atoms with Crippen LogP contribution in [0.25, 0.3) is 10.9 Å². The number of para-hydroxylation sites is 1. The topological polar surface area (TPSA) is 26.2 Å². The Labute approximate surface area is 179 Å².